The average Bonchev–Trinajstić information content (AvgIpc) is 3.56. The fourth-order valence-corrected chi connectivity index (χ4v) is 5.24. The lowest BCUT2D eigenvalue weighted by Crippen LogP contribution is -2.28. The van der Waals surface area contributed by atoms with E-state index in [1.807, 2.05) is 24.3 Å². The van der Waals surface area contributed by atoms with Gasteiger partial charge in [0, 0.05) is 29.9 Å². The van der Waals surface area contributed by atoms with Gasteiger partial charge in [0.2, 0.25) is 0 Å². The molecule has 0 saturated carbocycles. The van der Waals surface area contributed by atoms with Gasteiger partial charge in [-0.25, -0.2) is 9.97 Å². The first-order chi connectivity index (χ1) is 17.7. The molecule has 3 heterocycles. The summed E-state index contributed by atoms with van der Waals surface area (Å²) in [5, 5.41) is 6.56. The Morgan fingerprint density at radius 2 is 1.95 bits per heavy atom. The van der Waals surface area contributed by atoms with E-state index in [-0.39, 0.29) is 17.7 Å². The molecule has 0 spiro atoms. The number of thiophene rings is 1. The summed E-state index contributed by atoms with van der Waals surface area (Å²) in [6, 6.07) is 13.3. The molecule has 9 heteroatoms. The summed E-state index contributed by atoms with van der Waals surface area (Å²) in [5.41, 5.74) is 9.06. The van der Waals surface area contributed by atoms with Crippen molar-refractivity contribution in [1.29, 1.82) is 0 Å². The number of nitrogens with two attached hydrogens (primary N) is 1. The van der Waals surface area contributed by atoms with Gasteiger partial charge < -0.3 is 20.8 Å². The third-order valence-corrected chi connectivity index (χ3v) is 7.45. The largest absolute Gasteiger partial charge is 0.441 e. The van der Waals surface area contributed by atoms with Crippen molar-refractivity contribution < 1.29 is 14.0 Å². The molecule has 0 aliphatic heterocycles. The van der Waals surface area contributed by atoms with Crippen LogP contribution < -0.4 is 16.4 Å². The fraction of sp³-hybridized carbons (Fsp3) is 0.357. The van der Waals surface area contributed by atoms with Crippen molar-refractivity contribution in [2.45, 2.75) is 40.0 Å². The monoisotopic (exact) mass is 519 g/mol. The summed E-state index contributed by atoms with van der Waals surface area (Å²) in [5.74, 6) is 0.360. The molecule has 4 N–H and O–H groups in total. The van der Waals surface area contributed by atoms with Gasteiger partial charge in [0.1, 0.15) is 11.1 Å². The van der Waals surface area contributed by atoms with Gasteiger partial charge in [0.25, 0.3) is 11.8 Å². The van der Waals surface area contributed by atoms with E-state index in [4.69, 9.17) is 15.1 Å². The molecule has 1 unspecified atom stereocenters. The molecule has 194 valence electrons. The minimum absolute atomic E-state index is 0.0519. The van der Waals surface area contributed by atoms with Crippen LogP contribution in [0.1, 0.15) is 58.8 Å². The van der Waals surface area contributed by atoms with Gasteiger partial charge >= 0.3 is 5.91 Å². The van der Waals surface area contributed by atoms with Crippen LogP contribution in [0.2, 0.25) is 0 Å². The van der Waals surface area contributed by atoms with Crippen molar-refractivity contribution in [2.75, 3.05) is 18.4 Å². The Hall–Kier alpha value is -3.56. The van der Waals surface area contributed by atoms with Gasteiger partial charge in [-0.3, -0.25) is 9.59 Å². The minimum Gasteiger partial charge on any atom is -0.441 e. The Kier molecular flexibility index (Phi) is 8.35. The third-order valence-electron chi connectivity index (χ3n) is 6.41. The lowest BCUT2D eigenvalue weighted by atomic mass is 9.71. The number of benzene rings is 1. The number of pyridine rings is 1. The zero-order valence-corrected chi connectivity index (χ0v) is 22.2. The van der Waals surface area contributed by atoms with Crippen LogP contribution in [0.5, 0.6) is 0 Å². The summed E-state index contributed by atoms with van der Waals surface area (Å²) in [6.45, 7) is 7.92. The summed E-state index contributed by atoms with van der Waals surface area (Å²) in [6.07, 6.45) is 6.12. The van der Waals surface area contributed by atoms with Crippen LogP contribution in [0.15, 0.2) is 59.3 Å². The van der Waals surface area contributed by atoms with E-state index in [1.165, 1.54) is 41.5 Å². The second-order valence-electron chi connectivity index (χ2n) is 10.1. The highest BCUT2D eigenvalue weighted by Crippen LogP contribution is 2.38. The van der Waals surface area contributed by atoms with Gasteiger partial charge in [0.05, 0.1) is 11.1 Å². The number of nitrogens with zero attached hydrogens (tertiary/aromatic N) is 2. The van der Waals surface area contributed by atoms with Gasteiger partial charge in [-0.1, -0.05) is 39.0 Å². The standard InChI is InChI=1S/C18H25N3OS.C10H8N2O2/c1-18(2,3)13-4-5-14-11(9-13)8-12-10-15(23-17(12)21-14)16(22)20-7-6-19;13-9(10-11-6-7-14-10)12-8-4-2-1-3-5-8/h8,10,13H,4-7,9,19H2,1-3H3,(H,20,22);1-7H,(H,12,13). The van der Waals surface area contributed by atoms with E-state index in [9.17, 15) is 9.59 Å². The maximum absolute atomic E-state index is 12.1. The second kappa shape index (κ2) is 11.7. The zero-order chi connectivity index (χ0) is 26.4. The number of fused-ring (bicyclic) bond motifs is 2. The minimum atomic E-state index is -0.346. The highest BCUT2D eigenvalue weighted by molar-refractivity contribution is 7.20. The first kappa shape index (κ1) is 26.5. The Morgan fingerprint density at radius 3 is 2.62 bits per heavy atom. The molecule has 1 aliphatic carbocycles. The number of aromatic nitrogens is 2. The van der Waals surface area contributed by atoms with Crippen molar-refractivity contribution in [2.24, 2.45) is 17.1 Å². The average molecular weight is 520 g/mol. The number of amides is 2. The second-order valence-corrected chi connectivity index (χ2v) is 11.1. The highest BCUT2D eigenvalue weighted by atomic mass is 32.1. The molecule has 5 rings (SSSR count). The predicted octanol–water partition coefficient (Wildman–Crippen LogP) is 5.06. The first-order valence-electron chi connectivity index (χ1n) is 12.4. The number of rotatable bonds is 5. The maximum atomic E-state index is 12.1. The van der Waals surface area contributed by atoms with E-state index in [1.54, 1.807) is 12.1 Å². The van der Waals surface area contributed by atoms with Crippen molar-refractivity contribution in [3.05, 3.63) is 76.9 Å². The molecule has 3 aromatic heterocycles. The first-order valence-corrected chi connectivity index (χ1v) is 13.2. The van der Waals surface area contributed by atoms with E-state index in [2.05, 4.69) is 42.5 Å². The van der Waals surface area contributed by atoms with Crippen molar-refractivity contribution in [3.63, 3.8) is 0 Å². The summed E-state index contributed by atoms with van der Waals surface area (Å²) >= 11 is 1.47. The predicted molar refractivity (Wildman–Crippen MR) is 147 cm³/mol. The van der Waals surface area contributed by atoms with E-state index in [0.717, 1.165) is 33.6 Å². The molecule has 0 radical (unpaired) electrons. The van der Waals surface area contributed by atoms with Gasteiger partial charge in [0.15, 0.2) is 0 Å². The fourth-order valence-electron chi connectivity index (χ4n) is 4.29. The molecule has 4 aromatic rings. The van der Waals surface area contributed by atoms with Gasteiger partial charge in [-0.2, -0.15) is 0 Å². The maximum Gasteiger partial charge on any atom is 0.311 e. The molecular formula is C28H33N5O3S. The summed E-state index contributed by atoms with van der Waals surface area (Å²) in [7, 11) is 0. The normalized spacial score (nSPS) is 14.9. The van der Waals surface area contributed by atoms with Crippen molar-refractivity contribution >= 4 is 39.1 Å². The number of nitrogens with one attached hydrogen (secondary N) is 2. The Balaban J connectivity index is 0.000000195. The Labute approximate surface area is 220 Å². The molecule has 8 nitrogen and oxygen atoms in total. The van der Waals surface area contributed by atoms with Crippen LogP contribution in [-0.2, 0) is 12.8 Å². The molecule has 1 aromatic carbocycles. The van der Waals surface area contributed by atoms with Crippen LogP contribution in [0.4, 0.5) is 5.69 Å². The number of oxazole rings is 1. The SMILES string of the molecule is CC(C)(C)C1CCc2nc3sc(C(=O)NCCN)cc3cc2C1.O=C(Nc1ccccc1)c1ncco1. The molecule has 1 aliphatic rings. The Morgan fingerprint density at radius 1 is 1.16 bits per heavy atom. The number of para-hydroxylation sites is 1. The van der Waals surface area contributed by atoms with Gasteiger partial charge in [-0.05, 0) is 60.4 Å². The topological polar surface area (TPSA) is 123 Å². The number of carbonyl (C=O) groups is 2. The van der Waals surface area contributed by atoms with Gasteiger partial charge in [-0.15, -0.1) is 11.3 Å². The number of hydrogen-bond donors (Lipinski definition) is 3. The number of anilines is 1. The summed E-state index contributed by atoms with van der Waals surface area (Å²) in [4.78, 5) is 33.8. The van der Waals surface area contributed by atoms with Crippen molar-refractivity contribution in [3.8, 4) is 0 Å². The molecule has 2 amide bonds. The third kappa shape index (κ3) is 6.81. The number of aryl methyl sites for hydroxylation is 1. The molecule has 0 bridgehead atoms. The molecular weight excluding hydrogens is 486 g/mol. The lowest BCUT2D eigenvalue weighted by Gasteiger charge is -2.34. The van der Waals surface area contributed by atoms with Crippen LogP contribution in [0, 0.1) is 11.3 Å². The van der Waals surface area contributed by atoms with E-state index in [0.29, 0.717) is 24.4 Å². The van der Waals surface area contributed by atoms with Crippen LogP contribution in [-0.4, -0.2) is 34.9 Å². The zero-order valence-electron chi connectivity index (χ0n) is 21.4. The number of hydrogen-bond acceptors (Lipinski definition) is 7. The lowest BCUT2D eigenvalue weighted by molar-refractivity contribution is 0.0957. The Bertz CT molecular complexity index is 1340. The number of carbonyl (C=O) groups excluding carboxylic acids is 2. The molecule has 0 saturated heterocycles. The molecule has 1 atom stereocenters. The van der Waals surface area contributed by atoms with Crippen LogP contribution >= 0.6 is 11.3 Å². The van der Waals surface area contributed by atoms with Crippen molar-refractivity contribution in [1.82, 2.24) is 15.3 Å². The quantitative estimate of drug-likeness (QED) is 0.339. The van der Waals surface area contributed by atoms with Crippen LogP contribution in [0.25, 0.3) is 10.2 Å². The van der Waals surface area contributed by atoms with E-state index >= 15 is 0 Å². The summed E-state index contributed by atoms with van der Waals surface area (Å²) < 4.78 is 4.84. The van der Waals surface area contributed by atoms with Crippen LogP contribution in [0.3, 0.4) is 0 Å². The molecule has 0 fully saturated rings. The smallest absolute Gasteiger partial charge is 0.311 e. The molecule has 37 heavy (non-hydrogen) atoms. The van der Waals surface area contributed by atoms with E-state index < -0.39 is 0 Å². The highest BCUT2D eigenvalue weighted by Gasteiger charge is 2.29.